The highest BCUT2D eigenvalue weighted by molar-refractivity contribution is 5.86. The molecule has 0 radical (unpaired) electrons. The third kappa shape index (κ3) is 2.24. The second-order valence-electron chi connectivity index (χ2n) is 4.44. The van der Waals surface area contributed by atoms with Crippen LogP contribution in [-0.2, 0) is 10.2 Å². The molecule has 0 saturated heterocycles. The van der Waals surface area contributed by atoms with Crippen molar-refractivity contribution in [2.75, 3.05) is 0 Å². The van der Waals surface area contributed by atoms with Gasteiger partial charge in [-0.25, -0.2) is 4.39 Å². The SMILES string of the molecule is CCC(C(=O)O)(c1ccccc1)c1ccc(F)cc1. The molecule has 0 aliphatic carbocycles. The molecule has 2 rings (SSSR count). The lowest BCUT2D eigenvalue weighted by Gasteiger charge is -2.29. The molecule has 0 aliphatic heterocycles. The van der Waals surface area contributed by atoms with Gasteiger partial charge >= 0.3 is 5.97 Å². The molecule has 0 aromatic heterocycles. The van der Waals surface area contributed by atoms with Crippen molar-refractivity contribution in [3.63, 3.8) is 0 Å². The lowest BCUT2D eigenvalue weighted by molar-refractivity contribution is -0.142. The summed E-state index contributed by atoms with van der Waals surface area (Å²) in [4.78, 5) is 11.8. The first kappa shape index (κ1) is 13.3. The van der Waals surface area contributed by atoms with E-state index in [1.807, 2.05) is 25.1 Å². The van der Waals surface area contributed by atoms with Crippen molar-refractivity contribution in [2.45, 2.75) is 18.8 Å². The van der Waals surface area contributed by atoms with Crippen molar-refractivity contribution in [2.24, 2.45) is 0 Å². The molecule has 1 N–H and O–H groups in total. The molecule has 0 bridgehead atoms. The van der Waals surface area contributed by atoms with Crippen LogP contribution in [0.3, 0.4) is 0 Å². The van der Waals surface area contributed by atoms with Gasteiger partial charge in [-0.05, 0) is 29.7 Å². The zero-order valence-corrected chi connectivity index (χ0v) is 10.6. The van der Waals surface area contributed by atoms with Crippen molar-refractivity contribution in [1.29, 1.82) is 0 Å². The summed E-state index contributed by atoms with van der Waals surface area (Å²) in [6, 6.07) is 14.7. The standard InChI is InChI=1S/C16H15FO2/c1-2-16(15(18)19,12-6-4-3-5-7-12)13-8-10-14(17)11-9-13/h3-11H,2H2,1H3,(H,18,19). The van der Waals surface area contributed by atoms with Crippen LogP contribution in [0.15, 0.2) is 54.6 Å². The lowest BCUT2D eigenvalue weighted by Crippen LogP contribution is -2.36. The summed E-state index contributed by atoms with van der Waals surface area (Å²) >= 11 is 0. The van der Waals surface area contributed by atoms with Gasteiger partial charge in [-0.15, -0.1) is 0 Å². The third-order valence-corrected chi connectivity index (χ3v) is 3.50. The van der Waals surface area contributed by atoms with Gasteiger partial charge in [-0.1, -0.05) is 49.4 Å². The van der Waals surface area contributed by atoms with Crippen LogP contribution >= 0.6 is 0 Å². The van der Waals surface area contributed by atoms with E-state index in [1.165, 1.54) is 12.1 Å². The number of rotatable bonds is 4. The second kappa shape index (κ2) is 5.22. The Kier molecular flexibility index (Phi) is 3.65. The minimum absolute atomic E-state index is 0.368. The van der Waals surface area contributed by atoms with E-state index in [4.69, 9.17) is 0 Å². The molecular formula is C16H15FO2. The minimum Gasteiger partial charge on any atom is -0.480 e. The molecule has 0 spiro atoms. The molecule has 2 nitrogen and oxygen atoms in total. The van der Waals surface area contributed by atoms with Crippen LogP contribution in [0, 0.1) is 5.82 Å². The molecule has 0 amide bonds. The predicted octanol–water partition coefficient (Wildman–Crippen LogP) is 3.61. The average Bonchev–Trinajstić information content (AvgIpc) is 2.43. The van der Waals surface area contributed by atoms with Crippen LogP contribution in [0.25, 0.3) is 0 Å². The summed E-state index contributed by atoms with van der Waals surface area (Å²) < 4.78 is 13.0. The molecule has 3 heteroatoms. The third-order valence-electron chi connectivity index (χ3n) is 3.50. The summed E-state index contributed by atoms with van der Waals surface area (Å²) in [6.45, 7) is 1.82. The van der Waals surface area contributed by atoms with Crippen LogP contribution in [0.5, 0.6) is 0 Å². The van der Waals surface area contributed by atoms with E-state index in [9.17, 15) is 14.3 Å². The first-order chi connectivity index (χ1) is 9.11. The number of hydrogen-bond donors (Lipinski definition) is 1. The Bertz CT molecular complexity index is 563. The zero-order chi connectivity index (χ0) is 13.9. The molecule has 98 valence electrons. The highest BCUT2D eigenvalue weighted by atomic mass is 19.1. The fourth-order valence-electron chi connectivity index (χ4n) is 2.43. The smallest absolute Gasteiger partial charge is 0.318 e. The van der Waals surface area contributed by atoms with E-state index >= 15 is 0 Å². The maximum atomic E-state index is 13.0. The van der Waals surface area contributed by atoms with Crippen LogP contribution in [0.1, 0.15) is 24.5 Å². The Hall–Kier alpha value is -2.16. The van der Waals surface area contributed by atoms with E-state index in [1.54, 1.807) is 24.3 Å². The van der Waals surface area contributed by atoms with Crippen molar-refractivity contribution < 1.29 is 14.3 Å². The lowest BCUT2D eigenvalue weighted by atomic mass is 9.72. The molecule has 0 aliphatic rings. The first-order valence-corrected chi connectivity index (χ1v) is 6.16. The fraction of sp³-hybridized carbons (Fsp3) is 0.188. The largest absolute Gasteiger partial charge is 0.480 e. The molecule has 0 fully saturated rings. The number of carboxylic acids is 1. The average molecular weight is 258 g/mol. The van der Waals surface area contributed by atoms with Crippen LogP contribution in [0.4, 0.5) is 4.39 Å². The Morgan fingerprint density at radius 2 is 1.58 bits per heavy atom. The van der Waals surface area contributed by atoms with E-state index < -0.39 is 11.4 Å². The molecule has 1 atom stereocenters. The van der Waals surface area contributed by atoms with Gasteiger partial charge in [-0.3, -0.25) is 4.79 Å². The molecule has 0 saturated carbocycles. The van der Waals surface area contributed by atoms with Gasteiger partial charge in [0.2, 0.25) is 0 Å². The fourth-order valence-corrected chi connectivity index (χ4v) is 2.43. The summed E-state index contributed by atoms with van der Waals surface area (Å²) in [5.74, 6) is -1.29. The number of hydrogen-bond acceptors (Lipinski definition) is 1. The number of aliphatic carboxylic acids is 1. The second-order valence-corrected chi connectivity index (χ2v) is 4.44. The summed E-state index contributed by atoms with van der Waals surface area (Å²) in [6.07, 6.45) is 0.401. The Balaban J connectivity index is 2.64. The van der Waals surface area contributed by atoms with E-state index in [0.717, 1.165) is 0 Å². The van der Waals surface area contributed by atoms with Gasteiger partial charge in [0.15, 0.2) is 0 Å². The Morgan fingerprint density at radius 1 is 1.05 bits per heavy atom. The van der Waals surface area contributed by atoms with E-state index in [0.29, 0.717) is 17.5 Å². The van der Waals surface area contributed by atoms with Crippen molar-refractivity contribution >= 4 is 5.97 Å². The molecule has 0 heterocycles. The van der Waals surface area contributed by atoms with Gasteiger partial charge in [0, 0.05) is 0 Å². The van der Waals surface area contributed by atoms with Crippen molar-refractivity contribution in [3.05, 3.63) is 71.5 Å². The topological polar surface area (TPSA) is 37.3 Å². The number of benzene rings is 2. The predicted molar refractivity (Wildman–Crippen MR) is 71.5 cm³/mol. The quantitative estimate of drug-likeness (QED) is 0.909. The van der Waals surface area contributed by atoms with Gasteiger partial charge in [0.05, 0.1) is 0 Å². The normalized spacial score (nSPS) is 13.8. The van der Waals surface area contributed by atoms with Gasteiger partial charge in [0.1, 0.15) is 11.2 Å². The minimum atomic E-state index is -1.13. The van der Waals surface area contributed by atoms with Crippen LogP contribution in [0.2, 0.25) is 0 Å². The zero-order valence-electron chi connectivity index (χ0n) is 10.6. The van der Waals surface area contributed by atoms with Crippen LogP contribution < -0.4 is 0 Å². The highest BCUT2D eigenvalue weighted by Gasteiger charge is 2.40. The molecular weight excluding hydrogens is 243 g/mol. The van der Waals surface area contributed by atoms with Gasteiger partial charge in [0.25, 0.3) is 0 Å². The van der Waals surface area contributed by atoms with Crippen LogP contribution in [-0.4, -0.2) is 11.1 Å². The highest BCUT2D eigenvalue weighted by Crippen LogP contribution is 2.36. The van der Waals surface area contributed by atoms with Gasteiger partial charge < -0.3 is 5.11 Å². The summed E-state index contributed by atoms with van der Waals surface area (Å²) in [7, 11) is 0. The number of carbonyl (C=O) groups is 1. The Labute approximate surface area is 111 Å². The van der Waals surface area contributed by atoms with E-state index in [-0.39, 0.29) is 5.82 Å². The van der Waals surface area contributed by atoms with E-state index in [2.05, 4.69) is 0 Å². The number of carboxylic acid groups (broad SMARTS) is 1. The number of halogens is 1. The maximum absolute atomic E-state index is 13.0. The summed E-state index contributed by atoms with van der Waals surface area (Å²) in [5.41, 5.74) is 0.168. The summed E-state index contributed by atoms with van der Waals surface area (Å²) in [5, 5.41) is 9.71. The maximum Gasteiger partial charge on any atom is 0.318 e. The van der Waals surface area contributed by atoms with Crippen molar-refractivity contribution in [3.8, 4) is 0 Å². The molecule has 1 unspecified atom stereocenters. The molecule has 2 aromatic carbocycles. The van der Waals surface area contributed by atoms with Gasteiger partial charge in [-0.2, -0.15) is 0 Å². The molecule has 19 heavy (non-hydrogen) atoms. The first-order valence-electron chi connectivity index (χ1n) is 6.16. The molecule has 2 aromatic rings. The van der Waals surface area contributed by atoms with Crippen molar-refractivity contribution in [1.82, 2.24) is 0 Å². The monoisotopic (exact) mass is 258 g/mol. The Morgan fingerprint density at radius 3 is 2.05 bits per heavy atom.